The molecule has 13 heteroatoms. The van der Waals surface area contributed by atoms with E-state index in [2.05, 4.69) is 49.4 Å². The van der Waals surface area contributed by atoms with Crippen molar-refractivity contribution < 1.29 is 24.0 Å². The Kier molecular flexibility index (Phi) is 9.63. The average molecular weight is 779 g/mol. The molecule has 2 unspecified atom stereocenters. The van der Waals surface area contributed by atoms with Crippen LogP contribution in [0.25, 0.3) is 33.5 Å². The molecule has 2 aromatic heterocycles. The molecule has 58 heavy (non-hydrogen) atoms. The Labute approximate surface area is 336 Å². The fraction of sp³-hybridized carbons (Fsp3) is 0.356. The first kappa shape index (κ1) is 37.4. The second-order valence-corrected chi connectivity index (χ2v) is 16.4. The van der Waals surface area contributed by atoms with Gasteiger partial charge in [0, 0.05) is 68.7 Å². The lowest BCUT2D eigenvalue weighted by Crippen LogP contribution is -2.54. The zero-order valence-electron chi connectivity index (χ0n) is 33.0. The molecule has 0 spiro atoms. The van der Waals surface area contributed by atoms with E-state index in [-0.39, 0.29) is 24.7 Å². The standard InChI is InChI=1S/C45H46N8O5/c1-26-20-31(8-10-33(26)43(56)50(2)3)36-22-46-41-40(36)48-37(23-47-41)30-6-4-28(5-7-30)29-15-17-51(18-16-29)24-27-14-19-52(25-27)32-9-11-34-35(21-32)45(58)53(44(34)57)38-12-13-39(54)49-42(38)55/h4-11,20-23,27,29,38H,12-19,24-25H2,1-3H3,(H,46,47)(H,49,54,55). The Morgan fingerprint density at radius 2 is 1.60 bits per heavy atom. The molecule has 3 fully saturated rings. The number of anilines is 1. The molecule has 13 nitrogen and oxygen atoms in total. The molecule has 6 heterocycles. The van der Waals surface area contributed by atoms with E-state index in [1.54, 1.807) is 31.1 Å². The van der Waals surface area contributed by atoms with Gasteiger partial charge in [0.25, 0.3) is 17.7 Å². The van der Waals surface area contributed by atoms with Gasteiger partial charge in [-0.3, -0.25) is 34.2 Å². The minimum absolute atomic E-state index is 0.0185. The molecular formula is C45H46N8O5. The van der Waals surface area contributed by atoms with Crippen molar-refractivity contribution >= 4 is 46.4 Å². The summed E-state index contributed by atoms with van der Waals surface area (Å²) in [7, 11) is 3.52. The number of piperidine rings is 2. The van der Waals surface area contributed by atoms with Crippen LogP contribution in [0, 0.1) is 12.8 Å². The van der Waals surface area contributed by atoms with Gasteiger partial charge in [-0.2, -0.15) is 0 Å². The van der Waals surface area contributed by atoms with Crippen LogP contribution in [0.3, 0.4) is 0 Å². The van der Waals surface area contributed by atoms with Gasteiger partial charge in [0.15, 0.2) is 5.65 Å². The van der Waals surface area contributed by atoms with Crippen molar-refractivity contribution in [2.75, 3.05) is 51.7 Å². The third-order valence-electron chi connectivity index (χ3n) is 12.4. The minimum Gasteiger partial charge on any atom is -0.371 e. The van der Waals surface area contributed by atoms with E-state index >= 15 is 0 Å². The highest BCUT2D eigenvalue weighted by Crippen LogP contribution is 2.35. The fourth-order valence-corrected chi connectivity index (χ4v) is 9.17. The van der Waals surface area contributed by atoms with E-state index in [1.807, 2.05) is 43.6 Å². The zero-order valence-corrected chi connectivity index (χ0v) is 33.0. The van der Waals surface area contributed by atoms with E-state index in [4.69, 9.17) is 4.98 Å². The highest BCUT2D eigenvalue weighted by atomic mass is 16.2. The van der Waals surface area contributed by atoms with Gasteiger partial charge in [-0.15, -0.1) is 0 Å². The first-order chi connectivity index (χ1) is 28.0. The molecule has 2 N–H and O–H groups in total. The summed E-state index contributed by atoms with van der Waals surface area (Å²) in [6.07, 6.45) is 7.22. The van der Waals surface area contributed by atoms with E-state index in [0.29, 0.717) is 28.5 Å². The number of carbonyl (C=O) groups excluding carboxylic acids is 5. The van der Waals surface area contributed by atoms with Crippen LogP contribution < -0.4 is 10.2 Å². The maximum absolute atomic E-state index is 13.4. The number of amides is 5. The number of aromatic nitrogens is 3. The molecule has 296 valence electrons. The molecule has 4 aliphatic rings. The smallest absolute Gasteiger partial charge is 0.262 e. The highest BCUT2D eigenvalue weighted by molar-refractivity contribution is 6.23. The molecule has 9 rings (SSSR count). The summed E-state index contributed by atoms with van der Waals surface area (Å²) in [5.41, 5.74) is 9.75. The second-order valence-electron chi connectivity index (χ2n) is 16.4. The summed E-state index contributed by atoms with van der Waals surface area (Å²) in [6.45, 7) is 6.81. The van der Waals surface area contributed by atoms with Crippen LogP contribution in [-0.4, -0.2) is 112 Å². The maximum Gasteiger partial charge on any atom is 0.262 e. The van der Waals surface area contributed by atoms with Crippen molar-refractivity contribution in [3.8, 4) is 22.4 Å². The number of benzene rings is 3. The minimum atomic E-state index is -0.966. The number of rotatable bonds is 8. The predicted octanol–water partition coefficient (Wildman–Crippen LogP) is 5.41. The van der Waals surface area contributed by atoms with Crippen molar-refractivity contribution in [3.05, 3.63) is 101 Å². The quantitative estimate of drug-likeness (QED) is 0.197. The molecule has 0 saturated carbocycles. The topological polar surface area (TPSA) is 152 Å². The Hall–Kier alpha value is -6.21. The molecule has 5 amide bonds. The normalized spacial score (nSPS) is 20.3. The van der Waals surface area contributed by atoms with E-state index < -0.39 is 23.8 Å². The number of fused-ring (bicyclic) bond motifs is 2. The van der Waals surface area contributed by atoms with E-state index in [9.17, 15) is 24.0 Å². The van der Waals surface area contributed by atoms with E-state index in [1.165, 1.54) is 5.56 Å². The lowest BCUT2D eigenvalue weighted by molar-refractivity contribution is -0.136. The van der Waals surface area contributed by atoms with Crippen LogP contribution in [0.1, 0.15) is 80.2 Å². The van der Waals surface area contributed by atoms with Crippen molar-refractivity contribution in [1.29, 1.82) is 0 Å². The summed E-state index contributed by atoms with van der Waals surface area (Å²) >= 11 is 0. The molecule has 0 aliphatic carbocycles. The van der Waals surface area contributed by atoms with Crippen LogP contribution in [0.4, 0.5) is 5.69 Å². The van der Waals surface area contributed by atoms with Gasteiger partial charge in [0.2, 0.25) is 11.8 Å². The summed E-state index contributed by atoms with van der Waals surface area (Å²) in [4.78, 5) is 83.7. The number of nitrogens with one attached hydrogen (secondary N) is 2. The highest BCUT2D eigenvalue weighted by Gasteiger charge is 2.45. The molecule has 3 aromatic carbocycles. The van der Waals surface area contributed by atoms with Gasteiger partial charge >= 0.3 is 0 Å². The van der Waals surface area contributed by atoms with Gasteiger partial charge in [-0.05, 0) is 98.5 Å². The Balaban J connectivity index is 0.796. The Morgan fingerprint density at radius 3 is 2.34 bits per heavy atom. The summed E-state index contributed by atoms with van der Waals surface area (Å²) in [6, 6.07) is 19.1. The SMILES string of the molecule is Cc1cc(-c2c[nH]c3ncc(-c4ccc(C5CCN(CC6CCN(c7ccc8c(c7)C(=O)N(C7CCC(=O)NC7=O)C8=O)C6)CC5)cc4)nc23)ccc1C(=O)N(C)C. The third-order valence-corrected chi connectivity index (χ3v) is 12.4. The number of H-pyrrole nitrogens is 1. The van der Waals surface area contributed by atoms with Crippen LogP contribution in [-0.2, 0) is 9.59 Å². The fourth-order valence-electron chi connectivity index (χ4n) is 9.17. The predicted molar refractivity (Wildman–Crippen MR) is 219 cm³/mol. The number of carbonyl (C=O) groups is 5. The molecule has 5 aromatic rings. The van der Waals surface area contributed by atoms with Crippen molar-refractivity contribution in [2.24, 2.45) is 5.92 Å². The van der Waals surface area contributed by atoms with Crippen LogP contribution in [0.15, 0.2) is 73.1 Å². The van der Waals surface area contributed by atoms with E-state index in [0.717, 1.165) is 102 Å². The molecule has 4 aliphatic heterocycles. The van der Waals surface area contributed by atoms with Gasteiger partial charge < -0.3 is 19.7 Å². The van der Waals surface area contributed by atoms with Crippen LogP contribution >= 0.6 is 0 Å². The number of hydrogen-bond donors (Lipinski definition) is 2. The first-order valence-corrected chi connectivity index (χ1v) is 20.1. The molecule has 3 saturated heterocycles. The van der Waals surface area contributed by atoms with Crippen molar-refractivity contribution in [1.82, 2.24) is 35.0 Å². The number of aromatic amines is 1. The zero-order chi connectivity index (χ0) is 40.2. The lowest BCUT2D eigenvalue weighted by Gasteiger charge is -2.34. The van der Waals surface area contributed by atoms with Crippen LogP contribution in [0.5, 0.6) is 0 Å². The van der Waals surface area contributed by atoms with Gasteiger partial charge in [-0.1, -0.05) is 36.4 Å². The van der Waals surface area contributed by atoms with Crippen molar-refractivity contribution in [3.63, 3.8) is 0 Å². The molecule has 2 atom stereocenters. The largest absolute Gasteiger partial charge is 0.371 e. The monoisotopic (exact) mass is 778 g/mol. The molecule has 0 bridgehead atoms. The van der Waals surface area contributed by atoms with Gasteiger partial charge in [-0.25, -0.2) is 9.97 Å². The van der Waals surface area contributed by atoms with Gasteiger partial charge in [0.05, 0.1) is 23.0 Å². The third kappa shape index (κ3) is 6.82. The summed E-state index contributed by atoms with van der Waals surface area (Å²) < 4.78 is 0. The molecule has 0 radical (unpaired) electrons. The summed E-state index contributed by atoms with van der Waals surface area (Å²) in [5, 5.41) is 2.25. The Morgan fingerprint density at radius 1 is 0.845 bits per heavy atom. The van der Waals surface area contributed by atoms with Gasteiger partial charge in [0.1, 0.15) is 11.6 Å². The number of likely N-dealkylation sites (tertiary alicyclic amines) is 1. The summed E-state index contributed by atoms with van der Waals surface area (Å²) in [5.74, 6) is -0.966. The Bertz CT molecular complexity index is 2480. The number of aryl methyl sites for hydroxylation is 1. The average Bonchev–Trinajstić information content (AvgIpc) is 3.94. The second kappa shape index (κ2) is 14.9. The number of imide groups is 2. The number of nitrogens with zero attached hydrogens (tertiary/aromatic N) is 6. The maximum atomic E-state index is 13.4. The van der Waals surface area contributed by atoms with Crippen molar-refractivity contribution in [2.45, 2.75) is 51.0 Å². The number of hydrogen-bond acceptors (Lipinski definition) is 9. The van der Waals surface area contributed by atoms with Crippen LogP contribution in [0.2, 0.25) is 0 Å². The first-order valence-electron chi connectivity index (χ1n) is 20.1. The lowest BCUT2D eigenvalue weighted by atomic mass is 9.88. The molecular weight excluding hydrogens is 733 g/mol.